The van der Waals surface area contributed by atoms with Crippen LogP contribution in [0.3, 0.4) is 0 Å². The summed E-state index contributed by atoms with van der Waals surface area (Å²) in [6.07, 6.45) is 1.99. The Morgan fingerprint density at radius 3 is 2.42 bits per heavy atom. The number of sulfone groups is 1. The number of nitrogens with zero attached hydrogens (tertiary/aromatic N) is 3. The molecule has 0 saturated carbocycles. The summed E-state index contributed by atoms with van der Waals surface area (Å²) >= 11 is 0. The van der Waals surface area contributed by atoms with Gasteiger partial charge in [0.1, 0.15) is 5.75 Å². The van der Waals surface area contributed by atoms with Gasteiger partial charge in [0.05, 0.1) is 12.0 Å². The molecule has 8 heteroatoms. The van der Waals surface area contributed by atoms with Crippen LogP contribution in [-0.2, 0) is 16.3 Å². The lowest BCUT2D eigenvalue weighted by Gasteiger charge is -2.37. The smallest absolute Gasteiger partial charge is 0.194 e. The average molecular weight is 445 g/mol. The lowest BCUT2D eigenvalue weighted by atomic mass is 10.1. The van der Waals surface area contributed by atoms with Crippen molar-refractivity contribution in [1.82, 2.24) is 10.2 Å². The molecule has 0 radical (unpaired) electrons. The van der Waals surface area contributed by atoms with Gasteiger partial charge in [-0.3, -0.25) is 4.99 Å². The molecular weight excluding hydrogens is 412 g/mol. The summed E-state index contributed by atoms with van der Waals surface area (Å²) in [7, 11) is -1.47. The maximum absolute atomic E-state index is 11.6. The fraction of sp³-hybridized carbons (Fsp3) is 0.435. The number of rotatable bonds is 7. The van der Waals surface area contributed by atoms with Gasteiger partial charge in [0, 0.05) is 57.3 Å². The Balaban J connectivity index is 1.57. The zero-order valence-electron chi connectivity index (χ0n) is 18.5. The minimum Gasteiger partial charge on any atom is -0.497 e. The predicted molar refractivity (Wildman–Crippen MR) is 126 cm³/mol. The molecule has 7 nitrogen and oxygen atoms in total. The van der Waals surface area contributed by atoms with Crippen molar-refractivity contribution in [3.63, 3.8) is 0 Å². The number of methoxy groups -OCH3 is 1. The molecule has 0 amide bonds. The Bertz CT molecular complexity index is 982. The van der Waals surface area contributed by atoms with Gasteiger partial charge in [-0.15, -0.1) is 0 Å². The first kappa shape index (κ1) is 22.9. The number of hydrogen-bond acceptors (Lipinski definition) is 5. The SMILES string of the molecule is CCNC(=NCCc1ccc(S(C)(=O)=O)cc1)N1CCN(c2cccc(OC)c2)CC1. The predicted octanol–water partition coefficient (Wildman–Crippen LogP) is 2.43. The second-order valence-corrected chi connectivity index (χ2v) is 9.59. The van der Waals surface area contributed by atoms with Crippen LogP contribution in [0.1, 0.15) is 12.5 Å². The van der Waals surface area contributed by atoms with Crippen LogP contribution in [0.25, 0.3) is 0 Å². The van der Waals surface area contributed by atoms with Gasteiger partial charge >= 0.3 is 0 Å². The van der Waals surface area contributed by atoms with E-state index in [9.17, 15) is 8.42 Å². The van der Waals surface area contributed by atoms with Crippen molar-refractivity contribution in [2.75, 3.05) is 57.5 Å². The van der Waals surface area contributed by atoms with Crippen LogP contribution < -0.4 is 15.0 Å². The van der Waals surface area contributed by atoms with E-state index in [0.717, 1.165) is 56.4 Å². The number of benzene rings is 2. The quantitative estimate of drug-likeness (QED) is 0.522. The number of ether oxygens (including phenoxy) is 1. The summed E-state index contributed by atoms with van der Waals surface area (Å²) in [5, 5.41) is 3.40. The minimum atomic E-state index is -3.16. The zero-order valence-corrected chi connectivity index (χ0v) is 19.4. The normalized spacial score (nSPS) is 15.1. The van der Waals surface area contributed by atoms with E-state index < -0.39 is 9.84 Å². The maximum Gasteiger partial charge on any atom is 0.194 e. The largest absolute Gasteiger partial charge is 0.497 e. The van der Waals surface area contributed by atoms with Crippen LogP contribution in [0.5, 0.6) is 5.75 Å². The van der Waals surface area contributed by atoms with E-state index in [1.807, 2.05) is 24.3 Å². The highest BCUT2D eigenvalue weighted by Crippen LogP contribution is 2.22. The Morgan fingerprint density at radius 1 is 1.10 bits per heavy atom. The van der Waals surface area contributed by atoms with Gasteiger partial charge in [-0.25, -0.2) is 8.42 Å². The molecule has 31 heavy (non-hydrogen) atoms. The van der Waals surface area contributed by atoms with Crippen molar-refractivity contribution in [1.29, 1.82) is 0 Å². The molecule has 0 spiro atoms. The molecule has 1 fully saturated rings. The van der Waals surface area contributed by atoms with Gasteiger partial charge in [0.2, 0.25) is 0 Å². The summed E-state index contributed by atoms with van der Waals surface area (Å²) in [6.45, 7) is 7.17. The fourth-order valence-corrected chi connectivity index (χ4v) is 4.23. The van der Waals surface area contributed by atoms with Crippen molar-refractivity contribution in [3.05, 3.63) is 54.1 Å². The third-order valence-corrected chi connectivity index (χ3v) is 6.47. The topological polar surface area (TPSA) is 74.2 Å². The lowest BCUT2D eigenvalue weighted by Crippen LogP contribution is -2.52. The van der Waals surface area contributed by atoms with Crippen LogP contribution in [-0.4, -0.2) is 71.9 Å². The number of piperazine rings is 1. The van der Waals surface area contributed by atoms with Crippen LogP contribution in [0.2, 0.25) is 0 Å². The molecule has 0 aliphatic carbocycles. The number of hydrogen-bond donors (Lipinski definition) is 1. The van der Waals surface area contributed by atoms with Crippen molar-refractivity contribution in [3.8, 4) is 5.75 Å². The van der Waals surface area contributed by atoms with E-state index in [-0.39, 0.29) is 0 Å². The molecule has 1 aliphatic rings. The zero-order chi connectivity index (χ0) is 22.3. The molecule has 0 bridgehead atoms. The number of guanidine groups is 1. The van der Waals surface area contributed by atoms with Gasteiger partial charge < -0.3 is 19.9 Å². The Kier molecular flexibility index (Phi) is 7.79. The van der Waals surface area contributed by atoms with Crippen LogP contribution in [0, 0.1) is 0 Å². The van der Waals surface area contributed by atoms with Crippen LogP contribution in [0.4, 0.5) is 5.69 Å². The Hall–Kier alpha value is -2.74. The number of aliphatic imine (C=N–C) groups is 1. The molecule has 1 heterocycles. The van der Waals surface area contributed by atoms with Crippen molar-refractivity contribution >= 4 is 21.5 Å². The van der Waals surface area contributed by atoms with Crippen LogP contribution in [0.15, 0.2) is 58.4 Å². The molecule has 0 unspecified atom stereocenters. The van der Waals surface area contributed by atoms with Crippen LogP contribution >= 0.6 is 0 Å². The second-order valence-electron chi connectivity index (χ2n) is 7.58. The van der Waals surface area contributed by atoms with E-state index in [0.29, 0.717) is 11.4 Å². The monoisotopic (exact) mass is 444 g/mol. The summed E-state index contributed by atoms with van der Waals surface area (Å²) in [5.41, 5.74) is 2.26. The Morgan fingerprint density at radius 2 is 1.81 bits per heavy atom. The van der Waals surface area contributed by atoms with Crippen molar-refractivity contribution < 1.29 is 13.2 Å². The summed E-state index contributed by atoms with van der Waals surface area (Å²) in [4.78, 5) is 9.82. The molecule has 3 rings (SSSR count). The highest BCUT2D eigenvalue weighted by atomic mass is 32.2. The van der Waals surface area contributed by atoms with E-state index in [4.69, 9.17) is 9.73 Å². The minimum absolute atomic E-state index is 0.349. The molecule has 1 saturated heterocycles. The molecule has 2 aromatic carbocycles. The first-order chi connectivity index (χ1) is 14.9. The average Bonchev–Trinajstić information content (AvgIpc) is 2.78. The molecule has 2 aromatic rings. The molecule has 0 aromatic heterocycles. The second kappa shape index (κ2) is 10.5. The van der Waals surface area contributed by atoms with E-state index in [1.54, 1.807) is 19.2 Å². The van der Waals surface area contributed by atoms with E-state index in [1.165, 1.54) is 11.9 Å². The highest BCUT2D eigenvalue weighted by Gasteiger charge is 2.20. The van der Waals surface area contributed by atoms with Crippen molar-refractivity contribution in [2.45, 2.75) is 18.2 Å². The summed E-state index contributed by atoms with van der Waals surface area (Å²) in [6, 6.07) is 15.2. The standard InChI is InChI=1S/C23H32N4O3S/c1-4-24-23(25-13-12-19-8-10-22(11-9-19)31(3,28)29)27-16-14-26(15-17-27)20-6-5-7-21(18-20)30-2/h5-11,18H,4,12-17H2,1-3H3,(H,24,25). The van der Waals surface area contributed by atoms with E-state index in [2.05, 4.69) is 34.2 Å². The number of nitrogens with one attached hydrogen (secondary N) is 1. The third kappa shape index (κ3) is 6.37. The van der Waals surface area contributed by atoms with E-state index >= 15 is 0 Å². The Labute approximate surface area is 185 Å². The van der Waals surface area contributed by atoms with Gasteiger partial charge in [0.25, 0.3) is 0 Å². The van der Waals surface area contributed by atoms with Gasteiger partial charge in [-0.05, 0) is 43.2 Å². The first-order valence-electron chi connectivity index (χ1n) is 10.6. The number of anilines is 1. The van der Waals surface area contributed by atoms with Gasteiger partial charge in [0.15, 0.2) is 15.8 Å². The molecule has 1 N–H and O–H groups in total. The molecule has 1 aliphatic heterocycles. The molecular formula is C23H32N4O3S. The lowest BCUT2D eigenvalue weighted by molar-refractivity contribution is 0.372. The fourth-order valence-electron chi connectivity index (χ4n) is 3.60. The molecule has 0 atom stereocenters. The van der Waals surface area contributed by atoms with Gasteiger partial charge in [-0.2, -0.15) is 0 Å². The molecule has 168 valence electrons. The first-order valence-corrected chi connectivity index (χ1v) is 12.5. The van der Waals surface area contributed by atoms with Crippen molar-refractivity contribution in [2.24, 2.45) is 4.99 Å². The third-order valence-electron chi connectivity index (χ3n) is 5.35. The summed E-state index contributed by atoms with van der Waals surface area (Å²) < 4.78 is 28.5. The van der Waals surface area contributed by atoms with Gasteiger partial charge in [-0.1, -0.05) is 18.2 Å². The summed E-state index contributed by atoms with van der Waals surface area (Å²) in [5.74, 6) is 1.81. The maximum atomic E-state index is 11.6. The highest BCUT2D eigenvalue weighted by molar-refractivity contribution is 7.90.